The summed E-state index contributed by atoms with van der Waals surface area (Å²) in [6, 6.07) is 8.74. The number of H-pyrrole nitrogens is 1. The molecule has 11 heteroatoms. The molecule has 0 spiro atoms. The highest BCUT2D eigenvalue weighted by Gasteiger charge is 2.46. The predicted octanol–water partition coefficient (Wildman–Crippen LogP) is 4.18. The molecule has 0 radical (unpaired) electrons. The topological polar surface area (TPSA) is 118 Å². The van der Waals surface area contributed by atoms with Crippen LogP contribution in [0.3, 0.4) is 0 Å². The first-order chi connectivity index (χ1) is 18.2. The molecule has 3 atom stereocenters. The SMILES string of the molecule is CN(c1ccc(-c2ccc(-c3cnn(C)n3)c3cn[nH]c23)nn1)C1C[C@H]2CC[C@@H](C1)N2C(=O)OC(C)(C)C. The molecule has 5 heterocycles. The van der Waals surface area contributed by atoms with E-state index in [0.29, 0.717) is 0 Å². The summed E-state index contributed by atoms with van der Waals surface area (Å²) < 4.78 is 5.69. The maximum atomic E-state index is 12.8. The summed E-state index contributed by atoms with van der Waals surface area (Å²) in [5.41, 5.74) is 3.84. The predicted molar refractivity (Wildman–Crippen MR) is 143 cm³/mol. The number of piperidine rings is 1. The second-order valence-electron chi connectivity index (χ2n) is 11.3. The molecule has 4 aromatic rings. The van der Waals surface area contributed by atoms with Gasteiger partial charge in [0.2, 0.25) is 0 Å². The van der Waals surface area contributed by atoms with Gasteiger partial charge in [-0.1, -0.05) is 6.07 Å². The molecule has 1 unspecified atom stereocenters. The number of hydrogen-bond donors (Lipinski definition) is 1. The maximum Gasteiger partial charge on any atom is 0.410 e. The standard InChI is InChI=1S/C27H33N9O2/c1-27(2,3)38-26(37)36-16-6-7-17(36)13-18(12-16)34(4)24-11-10-22(30-31-24)20-9-8-19(21-14-28-32-25(20)21)23-15-29-35(5)33-23/h8-11,14-18H,6-7,12-13H2,1-5H3,(H,28,32)/t16-,17+,18?. The minimum absolute atomic E-state index is 0.189. The van der Waals surface area contributed by atoms with Crippen LogP contribution in [0.25, 0.3) is 33.4 Å². The molecule has 38 heavy (non-hydrogen) atoms. The third-order valence-corrected chi connectivity index (χ3v) is 7.64. The molecule has 0 aliphatic carbocycles. The van der Waals surface area contributed by atoms with Gasteiger partial charge in [0.25, 0.3) is 0 Å². The third-order valence-electron chi connectivity index (χ3n) is 7.64. The summed E-state index contributed by atoms with van der Waals surface area (Å²) in [5, 5.41) is 26.1. The van der Waals surface area contributed by atoms with Gasteiger partial charge in [0.05, 0.1) is 23.6 Å². The van der Waals surface area contributed by atoms with Gasteiger partial charge in [0.15, 0.2) is 5.82 Å². The van der Waals surface area contributed by atoms with Crippen molar-refractivity contribution in [1.82, 2.24) is 40.3 Å². The summed E-state index contributed by atoms with van der Waals surface area (Å²) in [5.74, 6) is 0.820. The molecule has 2 saturated heterocycles. The van der Waals surface area contributed by atoms with Crippen molar-refractivity contribution >= 4 is 22.8 Å². The quantitative estimate of drug-likeness (QED) is 0.430. The zero-order valence-electron chi connectivity index (χ0n) is 22.4. The summed E-state index contributed by atoms with van der Waals surface area (Å²) in [4.78, 5) is 18.5. The number of carbonyl (C=O) groups excluding carboxylic acids is 1. The lowest BCUT2D eigenvalue weighted by Crippen LogP contribution is -2.53. The van der Waals surface area contributed by atoms with Crippen LogP contribution < -0.4 is 4.90 Å². The molecule has 11 nitrogen and oxygen atoms in total. The van der Waals surface area contributed by atoms with Gasteiger partial charge in [0.1, 0.15) is 11.3 Å². The molecule has 1 amide bonds. The van der Waals surface area contributed by atoms with E-state index in [-0.39, 0.29) is 24.2 Å². The highest BCUT2D eigenvalue weighted by molar-refractivity contribution is 6.01. The number of carbonyl (C=O) groups is 1. The molecule has 2 aliphatic heterocycles. The van der Waals surface area contributed by atoms with Crippen molar-refractivity contribution in [3.05, 3.63) is 36.7 Å². The van der Waals surface area contributed by atoms with E-state index in [1.807, 2.05) is 49.9 Å². The van der Waals surface area contributed by atoms with E-state index in [2.05, 4.69) is 42.5 Å². The van der Waals surface area contributed by atoms with Crippen LogP contribution in [0.2, 0.25) is 0 Å². The van der Waals surface area contributed by atoms with Crippen molar-refractivity contribution in [2.24, 2.45) is 7.05 Å². The number of aromatic nitrogens is 7. The Bertz CT molecular complexity index is 1460. The second kappa shape index (κ2) is 9.07. The number of rotatable bonds is 4. The number of hydrogen-bond acceptors (Lipinski definition) is 8. The normalized spacial score (nSPS) is 21.2. The maximum absolute atomic E-state index is 12.8. The molecule has 6 rings (SSSR count). The van der Waals surface area contributed by atoms with Gasteiger partial charge in [-0.25, -0.2) is 4.79 Å². The number of amides is 1. The molecule has 3 aromatic heterocycles. The number of benzene rings is 1. The molecule has 2 fully saturated rings. The first-order valence-corrected chi connectivity index (χ1v) is 13.1. The summed E-state index contributed by atoms with van der Waals surface area (Å²) in [6.07, 6.45) is 7.19. The lowest BCUT2D eigenvalue weighted by Gasteiger charge is -2.42. The van der Waals surface area contributed by atoms with Crippen LogP contribution in [0.4, 0.5) is 10.6 Å². The highest BCUT2D eigenvalue weighted by Crippen LogP contribution is 2.39. The average molecular weight is 516 g/mol. The number of aromatic amines is 1. The van der Waals surface area contributed by atoms with Gasteiger partial charge in [-0.15, -0.1) is 10.2 Å². The van der Waals surface area contributed by atoms with Gasteiger partial charge in [-0.3, -0.25) is 5.10 Å². The number of anilines is 1. The van der Waals surface area contributed by atoms with Gasteiger partial charge >= 0.3 is 6.09 Å². The highest BCUT2D eigenvalue weighted by atomic mass is 16.6. The van der Waals surface area contributed by atoms with E-state index >= 15 is 0 Å². The lowest BCUT2D eigenvalue weighted by atomic mass is 9.96. The summed E-state index contributed by atoms with van der Waals surface area (Å²) in [6.45, 7) is 5.75. The second-order valence-corrected chi connectivity index (χ2v) is 11.3. The Balaban J connectivity index is 1.19. The van der Waals surface area contributed by atoms with Crippen molar-refractivity contribution in [2.75, 3.05) is 11.9 Å². The Hall–Kier alpha value is -4.02. The van der Waals surface area contributed by atoms with E-state index in [1.165, 1.54) is 0 Å². The Morgan fingerprint density at radius 2 is 1.76 bits per heavy atom. The van der Waals surface area contributed by atoms with E-state index in [0.717, 1.165) is 64.9 Å². The van der Waals surface area contributed by atoms with E-state index < -0.39 is 5.60 Å². The van der Waals surface area contributed by atoms with Crippen molar-refractivity contribution in [3.63, 3.8) is 0 Å². The first kappa shape index (κ1) is 24.3. The monoisotopic (exact) mass is 515 g/mol. The number of ether oxygens (including phenoxy) is 1. The minimum Gasteiger partial charge on any atom is -0.444 e. The summed E-state index contributed by atoms with van der Waals surface area (Å²) >= 11 is 0. The van der Waals surface area contributed by atoms with E-state index in [9.17, 15) is 4.79 Å². The van der Waals surface area contributed by atoms with Crippen LogP contribution in [0, 0.1) is 0 Å². The lowest BCUT2D eigenvalue weighted by molar-refractivity contribution is 0.00597. The van der Waals surface area contributed by atoms with Crippen molar-refractivity contribution < 1.29 is 9.53 Å². The van der Waals surface area contributed by atoms with E-state index in [4.69, 9.17) is 4.74 Å². The van der Waals surface area contributed by atoms with Crippen LogP contribution in [-0.4, -0.2) is 77.2 Å². The third kappa shape index (κ3) is 4.35. The fourth-order valence-corrected chi connectivity index (χ4v) is 5.86. The van der Waals surface area contributed by atoms with Crippen molar-refractivity contribution in [3.8, 4) is 22.5 Å². The van der Waals surface area contributed by atoms with Crippen LogP contribution >= 0.6 is 0 Å². The van der Waals surface area contributed by atoms with Crippen LogP contribution in [0.1, 0.15) is 46.5 Å². The molecule has 0 saturated carbocycles. The van der Waals surface area contributed by atoms with Crippen molar-refractivity contribution in [1.29, 1.82) is 0 Å². The number of nitrogens with one attached hydrogen (secondary N) is 1. The van der Waals surface area contributed by atoms with Crippen LogP contribution in [0.15, 0.2) is 36.7 Å². The Kier molecular flexibility index (Phi) is 5.81. The molecular formula is C27H33N9O2. The fraction of sp³-hybridized carbons (Fsp3) is 0.481. The van der Waals surface area contributed by atoms with Gasteiger partial charge in [0, 0.05) is 48.7 Å². The Labute approximate surface area is 221 Å². The molecular weight excluding hydrogens is 482 g/mol. The van der Waals surface area contributed by atoms with Gasteiger partial charge in [-0.05, 0) is 64.7 Å². The largest absolute Gasteiger partial charge is 0.444 e. The minimum atomic E-state index is -0.487. The Morgan fingerprint density at radius 3 is 2.39 bits per heavy atom. The van der Waals surface area contributed by atoms with Crippen LogP contribution in [0.5, 0.6) is 0 Å². The van der Waals surface area contributed by atoms with Gasteiger partial charge in [-0.2, -0.15) is 20.1 Å². The number of aryl methyl sites for hydroxylation is 1. The Morgan fingerprint density at radius 1 is 1.03 bits per heavy atom. The van der Waals surface area contributed by atoms with Crippen molar-refractivity contribution in [2.45, 2.75) is 70.2 Å². The van der Waals surface area contributed by atoms with E-state index in [1.54, 1.807) is 24.2 Å². The molecule has 2 bridgehead atoms. The smallest absolute Gasteiger partial charge is 0.410 e. The number of fused-ring (bicyclic) bond motifs is 3. The van der Waals surface area contributed by atoms with Gasteiger partial charge < -0.3 is 14.5 Å². The zero-order valence-corrected chi connectivity index (χ0v) is 22.4. The fourth-order valence-electron chi connectivity index (χ4n) is 5.86. The molecule has 2 aliphatic rings. The average Bonchev–Trinajstić information content (AvgIpc) is 3.60. The zero-order chi connectivity index (χ0) is 26.6. The molecule has 198 valence electrons. The summed E-state index contributed by atoms with van der Waals surface area (Å²) in [7, 11) is 3.87. The molecule has 1 aromatic carbocycles. The molecule has 1 N–H and O–H groups in total. The number of nitrogens with zero attached hydrogens (tertiary/aromatic N) is 8. The first-order valence-electron chi connectivity index (χ1n) is 13.1. The van der Waals surface area contributed by atoms with Crippen LogP contribution in [-0.2, 0) is 11.8 Å².